The lowest BCUT2D eigenvalue weighted by atomic mass is 10.0. The average Bonchev–Trinajstić information content (AvgIpc) is 3.09. The lowest BCUT2D eigenvalue weighted by Gasteiger charge is -2.27. The molecule has 0 bridgehead atoms. The molecule has 0 fully saturated rings. The first-order valence-corrected chi connectivity index (χ1v) is 11.7. The highest BCUT2D eigenvalue weighted by molar-refractivity contribution is 6.31. The molecule has 0 spiro atoms. The summed E-state index contributed by atoms with van der Waals surface area (Å²) in [6.45, 7) is 4.17. The summed E-state index contributed by atoms with van der Waals surface area (Å²) in [5.74, 6) is -1.88. The van der Waals surface area contributed by atoms with Crippen LogP contribution in [0.1, 0.15) is 34.5 Å². The van der Waals surface area contributed by atoms with E-state index in [2.05, 4.69) is 5.10 Å². The maximum absolute atomic E-state index is 13.5. The minimum atomic E-state index is -4.99. The lowest BCUT2D eigenvalue weighted by Crippen LogP contribution is -2.43. The monoisotopic (exact) mass is 517 g/mol. The first-order valence-electron chi connectivity index (χ1n) is 11.3. The molecule has 1 heterocycles. The molecule has 36 heavy (non-hydrogen) atoms. The molecule has 190 valence electrons. The van der Waals surface area contributed by atoms with Gasteiger partial charge in [0, 0.05) is 29.9 Å². The number of amides is 1. The van der Waals surface area contributed by atoms with E-state index in [1.807, 2.05) is 38.9 Å². The molecule has 2 aromatic carbocycles. The number of hydrogen-bond donors (Lipinski definition) is 0. The average molecular weight is 518 g/mol. The van der Waals surface area contributed by atoms with Crippen LogP contribution in [0.5, 0.6) is 0 Å². The van der Waals surface area contributed by atoms with Crippen molar-refractivity contribution in [3.05, 3.63) is 75.6 Å². The van der Waals surface area contributed by atoms with Gasteiger partial charge < -0.3 is 9.80 Å². The van der Waals surface area contributed by atoms with Crippen molar-refractivity contribution in [2.75, 3.05) is 32.1 Å². The van der Waals surface area contributed by atoms with E-state index in [0.29, 0.717) is 40.5 Å². The second kappa shape index (κ2) is 11.1. The van der Waals surface area contributed by atoms with Crippen LogP contribution in [0.2, 0.25) is 5.02 Å². The second-order valence-electron chi connectivity index (χ2n) is 8.75. The predicted octanol–water partition coefficient (Wildman–Crippen LogP) is 5.45. The van der Waals surface area contributed by atoms with E-state index < -0.39 is 12.1 Å². The smallest absolute Gasteiger partial charge is 0.309 e. The summed E-state index contributed by atoms with van der Waals surface area (Å²) in [4.78, 5) is 15.1. The normalized spacial score (nSPS) is 11.6. The maximum Gasteiger partial charge on any atom is 0.471 e. The number of rotatable bonds is 8. The molecule has 3 rings (SSSR count). The van der Waals surface area contributed by atoms with Crippen LogP contribution in [0.3, 0.4) is 0 Å². The molecule has 0 aliphatic heterocycles. The molecule has 6 nitrogen and oxygen atoms in total. The zero-order chi connectivity index (χ0) is 26.6. The standard InChI is InChI=1S/C26H27ClF3N5O/c1-17-22(18(2)35(32-17)21-11-10-20(16-31)23(27)15-21)14-19-8-5-6-9-24(19)34(13-7-12-33(3)4)25(36)26(28,29)30/h5-6,8-11,15H,7,12-14H2,1-4H3. The zero-order valence-electron chi connectivity index (χ0n) is 20.5. The van der Waals surface area contributed by atoms with E-state index in [1.165, 1.54) is 0 Å². The second-order valence-corrected chi connectivity index (χ2v) is 9.16. The van der Waals surface area contributed by atoms with Crippen molar-refractivity contribution in [1.29, 1.82) is 5.26 Å². The molecule has 10 heteroatoms. The summed E-state index contributed by atoms with van der Waals surface area (Å²) in [6, 6.07) is 13.6. The molecule has 0 N–H and O–H groups in total. The number of halogens is 4. The highest BCUT2D eigenvalue weighted by atomic mass is 35.5. The van der Waals surface area contributed by atoms with Crippen molar-refractivity contribution in [3.8, 4) is 11.8 Å². The fraction of sp³-hybridized carbons (Fsp3) is 0.346. The van der Waals surface area contributed by atoms with Gasteiger partial charge >= 0.3 is 12.1 Å². The van der Waals surface area contributed by atoms with Gasteiger partial charge in [-0.05, 0) is 70.7 Å². The van der Waals surface area contributed by atoms with Gasteiger partial charge in [0.1, 0.15) is 6.07 Å². The Morgan fingerprint density at radius 1 is 1.14 bits per heavy atom. The number of nitriles is 1. The fourth-order valence-electron chi connectivity index (χ4n) is 4.05. The maximum atomic E-state index is 13.5. The number of carbonyl (C=O) groups is 1. The first kappa shape index (κ1) is 27.2. The number of carbonyl (C=O) groups excluding carboxylic acids is 1. The summed E-state index contributed by atoms with van der Waals surface area (Å²) >= 11 is 6.20. The number of benzene rings is 2. The highest BCUT2D eigenvalue weighted by Crippen LogP contribution is 2.31. The number of para-hydroxylation sites is 1. The van der Waals surface area contributed by atoms with Gasteiger partial charge in [-0.3, -0.25) is 4.79 Å². The van der Waals surface area contributed by atoms with E-state index >= 15 is 0 Å². The minimum Gasteiger partial charge on any atom is -0.309 e. The van der Waals surface area contributed by atoms with Crippen LogP contribution in [0.4, 0.5) is 18.9 Å². The third-order valence-corrected chi connectivity index (χ3v) is 6.20. The van der Waals surface area contributed by atoms with Gasteiger partial charge in [0.15, 0.2) is 0 Å². The SMILES string of the molecule is Cc1nn(-c2ccc(C#N)c(Cl)c2)c(C)c1Cc1ccccc1N(CCCN(C)C)C(=O)C(F)(F)F. The molecule has 3 aromatic rings. The van der Waals surface area contributed by atoms with Crippen molar-refractivity contribution < 1.29 is 18.0 Å². The Labute approximate surface area is 213 Å². The molecule has 0 atom stereocenters. The van der Waals surface area contributed by atoms with E-state index in [-0.39, 0.29) is 18.7 Å². The van der Waals surface area contributed by atoms with Crippen LogP contribution in [0.15, 0.2) is 42.5 Å². The van der Waals surface area contributed by atoms with Crippen molar-refractivity contribution in [2.24, 2.45) is 0 Å². The van der Waals surface area contributed by atoms with Crippen LogP contribution in [-0.4, -0.2) is 53.9 Å². The van der Waals surface area contributed by atoms with Crippen LogP contribution in [-0.2, 0) is 11.2 Å². The summed E-state index contributed by atoms with van der Waals surface area (Å²) < 4.78 is 42.2. The molecule has 0 saturated heterocycles. The molecule has 0 unspecified atom stereocenters. The van der Waals surface area contributed by atoms with Gasteiger partial charge in [0.25, 0.3) is 0 Å². The Morgan fingerprint density at radius 2 is 1.83 bits per heavy atom. The molecular weight excluding hydrogens is 491 g/mol. The van der Waals surface area contributed by atoms with Crippen molar-refractivity contribution >= 4 is 23.2 Å². The fourth-order valence-corrected chi connectivity index (χ4v) is 4.27. The Hall–Kier alpha value is -3.35. The molecular formula is C26H27ClF3N5O. The highest BCUT2D eigenvalue weighted by Gasteiger charge is 2.43. The van der Waals surface area contributed by atoms with Gasteiger partial charge in [-0.25, -0.2) is 4.68 Å². The van der Waals surface area contributed by atoms with Crippen molar-refractivity contribution in [2.45, 2.75) is 32.9 Å². The Bertz CT molecular complexity index is 1290. The minimum absolute atomic E-state index is 0.0610. The van der Waals surface area contributed by atoms with E-state index in [1.54, 1.807) is 47.1 Å². The quantitative estimate of drug-likeness (QED) is 0.398. The predicted molar refractivity (Wildman–Crippen MR) is 134 cm³/mol. The molecule has 0 aliphatic carbocycles. The van der Waals surface area contributed by atoms with Crippen LogP contribution < -0.4 is 4.90 Å². The van der Waals surface area contributed by atoms with Gasteiger partial charge in [-0.15, -0.1) is 0 Å². The van der Waals surface area contributed by atoms with Gasteiger partial charge in [0.05, 0.1) is 22.0 Å². The van der Waals surface area contributed by atoms with Gasteiger partial charge in [-0.2, -0.15) is 23.5 Å². The zero-order valence-corrected chi connectivity index (χ0v) is 21.3. The molecule has 0 aliphatic rings. The van der Waals surface area contributed by atoms with E-state index in [4.69, 9.17) is 16.9 Å². The Kier molecular flexibility index (Phi) is 8.43. The number of hydrogen-bond acceptors (Lipinski definition) is 4. The van der Waals surface area contributed by atoms with Crippen molar-refractivity contribution in [1.82, 2.24) is 14.7 Å². The number of aromatic nitrogens is 2. The Balaban J connectivity index is 2.00. The van der Waals surface area contributed by atoms with Crippen LogP contribution in [0.25, 0.3) is 5.69 Å². The van der Waals surface area contributed by atoms with Gasteiger partial charge in [0.2, 0.25) is 0 Å². The largest absolute Gasteiger partial charge is 0.471 e. The summed E-state index contributed by atoms with van der Waals surface area (Å²) in [5.41, 5.74) is 4.13. The number of alkyl halides is 3. The molecule has 1 aromatic heterocycles. The Morgan fingerprint density at radius 3 is 2.44 bits per heavy atom. The third kappa shape index (κ3) is 6.07. The van der Waals surface area contributed by atoms with Crippen molar-refractivity contribution in [3.63, 3.8) is 0 Å². The summed E-state index contributed by atoms with van der Waals surface area (Å²) in [7, 11) is 3.65. The topological polar surface area (TPSA) is 65.2 Å². The molecule has 0 radical (unpaired) electrons. The molecule has 0 saturated carbocycles. The third-order valence-electron chi connectivity index (χ3n) is 5.88. The summed E-state index contributed by atoms with van der Waals surface area (Å²) in [6.07, 6.45) is -4.32. The lowest BCUT2D eigenvalue weighted by molar-refractivity contribution is -0.170. The number of anilines is 1. The van der Waals surface area contributed by atoms with E-state index in [9.17, 15) is 18.0 Å². The van der Waals surface area contributed by atoms with Crippen LogP contribution >= 0.6 is 11.6 Å². The first-order chi connectivity index (χ1) is 16.9. The summed E-state index contributed by atoms with van der Waals surface area (Å²) in [5, 5.41) is 14.0. The van der Waals surface area contributed by atoms with E-state index in [0.717, 1.165) is 16.2 Å². The van der Waals surface area contributed by atoms with Crippen LogP contribution in [0, 0.1) is 25.2 Å². The molecule has 1 amide bonds. The number of aryl methyl sites for hydroxylation is 1. The van der Waals surface area contributed by atoms with Gasteiger partial charge in [-0.1, -0.05) is 29.8 Å². The number of nitrogens with zero attached hydrogens (tertiary/aromatic N) is 5.